The maximum atomic E-state index is 12.4. The summed E-state index contributed by atoms with van der Waals surface area (Å²) < 4.78 is 6.56. The van der Waals surface area contributed by atoms with Gasteiger partial charge < -0.3 is 14.6 Å². The predicted octanol–water partition coefficient (Wildman–Crippen LogP) is 4.44. The largest absolute Gasteiger partial charge is 0.451 e. The Labute approximate surface area is 142 Å². The van der Waals surface area contributed by atoms with Gasteiger partial charge >= 0.3 is 0 Å². The van der Waals surface area contributed by atoms with Gasteiger partial charge in [-0.2, -0.15) is 0 Å². The van der Waals surface area contributed by atoms with E-state index in [1.54, 1.807) is 6.07 Å². The molecule has 1 aliphatic rings. The van der Waals surface area contributed by atoms with Crippen molar-refractivity contribution in [3.05, 3.63) is 58.3 Å². The molecule has 0 fully saturated rings. The van der Waals surface area contributed by atoms with Crippen LogP contribution in [0.4, 0.5) is 11.4 Å². The molecule has 1 aliphatic heterocycles. The zero-order chi connectivity index (χ0) is 16.0. The number of fused-ring (bicyclic) bond motifs is 2. The summed E-state index contributed by atoms with van der Waals surface area (Å²) in [4.78, 5) is 14.6. The van der Waals surface area contributed by atoms with Crippen LogP contribution in [0.3, 0.4) is 0 Å². The summed E-state index contributed by atoms with van der Waals surface area (Å²) in [6.45, 7) is 1.02. The molecule has 0 aliphatic carbocycles. The Morgan fingerprint density at radius 3 is 2.96 bits per heavy atom. The summed E-state index contributed by atoms with van der Waals surface area (Å²) in [5.41, 5.74) is 3.98. The van der Waals surface area contributed by atoms with Crippen molar-refractivity contribution in [2.45, 2.75) is 6.42 Å². The number of furan rings is 1. The number of halogens is 1. The number of likely N-dealkylation sites (N-methyl/N-ethyl adjacent to an activating group) is 1. The monoisotopic (exact) mass is 370 g/mol. The zero-order valence-corrected chi connectivity index (χ0v) is 14.2. The predicted molar refractivity (Wildman–Crippen MR) is 95.3 cm³/mol. The molecule has 1 amide bonds. The molecule has 0 unspecified atom stereocenters. The fourth-order valence-electron chi connectivity index (χ4n) is 2.97. The maximum absolute atomic E-state index is 12.4. The first-order chi connectivity index (χ1) is 11.1. The maximum Gasteiger partial charge on any atom is 0.291 e. The molecule has 5 heteroatoms. The molecule has 0 atom stereocenters. The molecule has 0 bridgehead atoms. The Morgan fingerprint density at radius 1 is 1.26 bits per heavy atom. The smallest absolute Gasteiger partial charge is 0.291 e. The molecular formula is C18H15BrN2O2. The number of rotatable bonds is 2. The first-order valence-corrected chi connectivity index (χ1v) is 8.24. The van der Waals surface area contributed by atoms with Crippen LogP contribution < -0.4 is 10.2 Å². The third-order valence-corrected chi connectivity index (χ3v) is 4.89. The van der Waals surface area contributed by atoms with Gasteiger partial charge in [-0.3, -0.25) is 4.79 Å². The van der Waals surface area contributed by atoms with E-state index in [4.69, 9.17) is 4.42 Å². The van der Waals surface area contributed by atoms with Crippen molar-refractivity contribution in [1.82, 2.24) is 0 Å². The van der Waals surface area contributed by atoms with Gasteiger partial charge in [-0.05, 0) is 48.4 Å². The van der Waals surface area contributed by atoms with Gasteiger partial charge in [0.05, 0.1) is 0 Å². The van der Waals surface area contributed by atoms with Crippen LogP contribution in [0.25, 0.3) is 11.0 Å². The molecular weight excluding hydrogens is 356 g/mol. The molecule has 4 nitrogen and oxygen atoms in total. The van der Waals surface area contributed by atoms with Gasteiger partial charge in [-0.25, -0.2) is 0 Å². The number of benzene rings is 2. The molecule has 0 saturated carbocycles. The Bertz CT molecular complexity index is 917. The van der Waals surface area contributed by atoms with Gasteiger partial charge in [0.25, 0.3) is 5.91 Å². The molecule has 0 spiro atoms. The lowest BCUT2D eigenvalue weighted by Gasteiger charge is -2.12. The third-order valence-electron chi connectivity index (χ3n) is 4.20. The topological polar surface area (TPSA) is 45.5 Å². The van der Waals surface area contributed by atoms with Crippen LogP contribution in [-0.4, -0.2) is 19.5 Å². The lowest BCUT2D eigenvalue weighted by Crippen LogP contribution is -2.12. The van der Waals surface area contributed by atoms with E-state index in [-0.39, 0.29) is 5.91 Å². The van der Waals surface area contributed by atoms with E-state index in [0.29, 0.717) is 11.3 Å². The molecule has 2 aromatic carbocycles. The average molecular weight is 371 g/mol. The molecule has 4 rings (SSSR count). The van der Waals surface area contributed by atoms with Gasteiger partial charge in [-0.1, -0.05) is 22.0 Å². The molecule has 0 saturated heterocycles. The SMILES string of the molecule is CN1CCc2cc(NC(=O)c3cc4c(Br)cccc4o3)ccc21. The highest BCUT2D eigenvalue weighted by atomic mass is 79.9. The Balaban J connectivity index is 1.61. The van der Waals surface area contributed by atoms with Crippen LogP contribution in [0, 0.1) is 0 Å². The van der Waals surface area contributed by atoms with Crippen molar-refractivity contribution in [2.75, 3.05) is 23.8 Å². The van der Waals surface area contributed by atoms with Crippen LogP contribution in [0.2, 0.25) is 0 Å². The van der Waals surface area contributed by atoms with E-state index in [2.05, 4.69) is 33.2 Å². The number of hydrogen-bond acceptors (Lipinski definition) is 3. The van der Waals surface area contributed by atoms with E-state index in [1.165, 1.54) is 11.3 Å². The minimum absolute atomic E-state index is 0.237. The van der Waals surface area contributed by atoms with Gasteiger partial charge in [0.2, 0.25) is 0 Å². The van der Waals surface area contributed by atoms with Crippen molar-refractivity contribution >= 4 is 44.2 Å². The number of hydrogen-bond donors (Lipinski definition) is 1. The van der Waals surface area contributed by atoms with Crippen LogP contribution in [0.1, 0.15) is 16.1 Å². The fraction of sp³-hybridized carbons (Fsp3) is 0.167. The molecule has 3 aromatic rings. The number of nitrogens with zero attached hydrogens (tertiary/aromatic N) is 1. The normalized spacial score (nSPS) is 13.4. The first-order valence-electron chi connectivity index (χ1n) is 7.45. The number of anilines is 2. The number of amides is 1. The van der Waals surface area contributed by atoms with E-state index in [9.17, 15) is 4.79 Å². The van der Waals surface area contributed by atoms with Crippen molar-refractivity contribution in [1.29, 1.82) is 0 Å². The van der Waals surface area contributed by atoms with Crippen LogP contribution >= 0.6 is 15.9 Å². The summed E-state index contributed by atoms with van der Waals surface area (Å²) in [7, 11) is 2.08. The fourth-order valence-corrected chi connectivity index (χ4v) is 3.44. The van der Waals surface area contributed by atoms with E-state index in [1.807, 2.05) is 36.4 Å². The summed E-state index contributed by atoms with van der Waals surface area (Å²) in [6.07, 6.45) is 1.01. The van der Waals surface area contributed by atoms with E-state index >= 15 is 0 Å². The standard InChI is InChI=1S/C18H15BrN2O2/c1-21-8-7-11-9-12(5-6-15(11)21)20-18(22)17-10-13-14(19)3-2-4-16(13)23-17/h2-6,9-10H,7-8H2,1H3,(H,20,22). The van der Waals surface area contributed by atoms with Crippen molar-refractivity contribution < 1.29 is 9.21 Å². The molecule has 1 N–H and O–H groups in total. The summed E-state index contributed by atoms with van der Waals surface area (Å²) in [5.74, 6) is 0.0731. The van der Waals surface area contributed by atoms with Gasteiger partial charge in [-0.15, -0.1) is 0 Å². The third kappa shape index (κ3) is 2.51. The van der Waals surface area contributed by atoms with Crippen molar-refractivity contribution in [3.8, 4) is 0 Å². The molecule has 23 heavy (non-hydrogen) atoms. The minimum Gasteiger partial charge on any atom is -0.451 e. The average Bonchev–Trinajstić information content (AvgIpc) is 3.12. The highest BCUT2D eigenvalue weighted by Crippen LogP contribution is 2.30. The van der Waals surface area contributed by atoms with Crippen LogP contribution in [0.5, 0.6) is 0 Å². The first kappa shape index (κ1) is 14.3. The second-order valence-electron chi connectivity index (χ2n) is 5.73. The number of carbonyl (C=O) groups excluding carboxylic acids is 1. The highest BCUT2D eigenvalue weighted by Gasteiger charge is 2.18. The lowest BCUT2D eigenvalue weighted by molar-refractivity contribution is 0.0998. The molecule has 2 heterocycles. The highest BCUT2D eigenvalue weighted by molar-refractivity contribution is 9.10. The Hall–Kier alpha value is -2.27. The number of nitrogens with one attached hydrogen (secondary N) is 1. The second kappa shape index (κ2) is 5.42. The summed E-state index contributed by atoms with van der Waals surface area (Å²) >= 11 is 3.47. The number of carbonyl (C=O) groups is 1. The van der Waals surface area contributed by atoms with Crippen molar-refractivity contribution in [3.63, 3.8) is 0 Å². The molecule has 1 aromatic heterocycles. The summed E-state index contributed by atoms with van der Waals surface area (Å²) in [5, 5.41) is 3.81. The Morgan fingerprint density at radius 2 is 2.13 bits per heavy atom. The quantitative estimate of drug-likeness (QED) is 0.725. The van der Waals surface area contributed by atoms with Crippen LogP contribution in [0.15, 0.2) is 51.4 Å². The second-order valence-corrected chi connectivity index (χ2v) is 6.59. The van der Waals surface area contributed by atoms with Gasteiger partial charge in [0.1, 0.15) is 5.58 Å². The summed E-state index contributed by atoms with van der Waals surface area (Å²) in [6, 6.07) is 13.4. The molecule has 116 valence electrons. The Kier molecular flexibility index (Phi) is 3.38. The van der Waals surface area contributed by atoms with Crippen molar-refractivity contribution in [2.24, 2.45) is 0 Å². The van der Waals surface area contributed by atoms with E-state index in [0.717, 1.165) is 28.5 Å². The van der Waals surface area contributed by atoms with E-state index < -0.39 is 0 Å². The van der Waals surface area contributed by atoms with Crippen LogP contribution in [-0.2, 0) is 6.42 Å². The minimum atomic E-state index is -0.237. The molecule has 0 radical (unpaired) electrons. The van der Waals surface area contributed by atoms with Gasteiger partial charge in [0, 0.05) is 34.8 Å². The van der Waals surface area contributed by atoms with Gasteiger partial charge in [0.15, 0.2) is 5.76 Å². The lowest BCUT2D eigenvalue weighted by atomic mass is 10.1. The zero-order valence-electron chi connectivity index (χ0n) is 12.6.